The molecule has 0 unspecified atom stereocenters. The third-order valence-corrected chi connectivity index (χ3v) is 16.9. The van der Waals surface area contributed by atoms with E-state index in [1.807, 2.05) is 26.0 Å². The van der Waals surface area contributed by atoms with E-state index in [4.69, 9.17) is 23.7 Å². The molecule has 1 saturated carbocycles. The van der Waals surface area contributed by atoms with Crippen molar-refractivity contribution in [3.05, 3.63) is 47.6 Å². The Kier molecular flexibility index (Phi) is 24.1. The van der Waals surface area contributed by atoms with Crippen LogP contribution in [0.25, 0.3) is 0 Å². The Morgan fingerprint density at radius 2 is 1.60 bits per heavy atom. The lowest BCUT2D eigenvalue weighted by Gasteiger charge is -2.43. The number of allylic oxidation sites excluding steroid dienone is 6. The highest BCUT2D eigenvalue weighted by Gasteiger charge is 2.53. The number of methoxy groups -OCH3 is 2. The molecule has 0 radical (unpaired) electrons. The molecule has 0 spiro atoms. The van der Waals surface area contributed by atoms with E-state index < -0.39 is 106 Å². The van der Waals surface area contributed by atoms with Crippen LogP contribution in [0.5, 0.6) is 0 Å². The van der Waals surface area contributed by atoms with Gasteiger partial charge in [0.2, 0.25) is 5.79 Å². The van der Waals surface area contributed by atoms with Crippen LogP contribution in [0.3, 0.4) is 0 Å². The molecule has 408 valence electrons. The van der Waals surface area contributed by atoms with Crippen LogP contribution < -0.4 is 0 Å². The standard InChI is InChI=1S/C54H85NO16S/c1-33-15-11-10-12-16-34(2)45(69-24-26-72(65,66)25-23-56)31-41-20-18-39(7)54(64,71-41)51(61)52(62)55-22-14-13-17-42(55)53(63)70-46(36(4)29-40-19-21-43(57)47(30-40)67-8)32-44(58)35(3)28-38(6)49(60)50(68-9)48(59)37(5)27-33/h10-12,15-16,28,33,35-37,39-43,45-47,49-50,56-57,60,64H,13-14,17-27,29-32H2,1-9H3/b12-10+,15-11+,34-16+,38-28+/t33-,35-,36-,37-,39-,40+,41+,42+,43-,45-,46+,47-,49-,50+,54-/m1/s1. The highest BCUT2D eigenvalue weighted by Crippen LogP contribution is 2.38. The fourth-order valence-electron chi connectivity index (χ4n) is 10.6. The van der Waals surface area contributed by atoms with Gasteiger partial charge in [0.1, 0.15) is 30.1 Å². The van der Waals surface area contributed by atoms with Crippen LogP contribution in [0.15, 0.2) is 47.6 Å². The van der Waals surface area contributed by atoms with Gasteiger partial charge in [-0.25, -0.2) is 13.2 Å². The molecule has 2 saturated heterocycles. The molecule has 0 aromatic heterocycles. The Bertz CT molecular complexity index is 2070. The Labute approximate surface area is 427 Å². The summed E-state index contributed by atoms with van der Waals surface area (Å²) in [6, 6.07) is -1.21. The number of piperidine rings is 1. The average molecular weight is 1040 g/mol. The number of carbonyl (C=O) groups is 5. The lowest BCUT2D eigenvalue weighted by atomic mass is 9.78. The number of aliphatic hydroxyl groups excluding tert-OH is 3. The van der Waals surface area contributed by atoms with E-state index in [0.717, 1.165) is 4.90 Å². The van der Waals surface area contributed by atoms with E-state index >= 15 is 0 Å². The van der Waals surface area contributed by atoms with Crippen molar-refractivity contribution < 1.29 is 76.5 Å². The summed E-state index contributed by atoms with van der Waals surface area (Å²) in [6.07, 6.45) is 9.06. The predicted octanol–water partition coefficient (Wildman–Crippen LogP) is 4.96. The molecule has 4 rings (SSSR count). The molecule has 17 nitrogen and oxygen atoms in total. The highest BCUT2D eigenvalue weighted by atomic mass is 32.2. The number of ether oxygens (including phenoxy) is 5. The first kappa shape index (κ1) is 61.1. The van der Waals surface area contributed by atoms with Crippen LogP contribution in [-0.2, 0) is 57.5 Å². The second kappa shape index (κ2) is 28.4. The molecule has 1 amide bonds. The minimum absolute atomic E-state index is 0.0219. The van der Waals surface area contributed by atoms with Crippen molar-refractivity contribution in [2.45, 2.75) is 180 Å². The zero-order valence-corrected chi connectivity index (χ0v) is 44.9. The fourth-order valence-corrected chi connectivity index (χ4v) is 11.4. The number of nitrogens with zero attached hydrogens (tertiary/aromatic N) is 1. The summed E-state index contributed by atoms with van der Waals surface area (Å²) >= 11 is 0. The minimum Gasteiger partial charge on any atom is -0.460 e. The third-order valence-electron chi connectivity index (χ3n) is 15.3. The van der Waals surface area contributed by atoms with Crippen molar-refractivity contribution in [2.24, 2.45) is 35.5 Å². The van der Waals surface area contributed by atoms with Crippen molar-refractivity contribution in [3.63, 3.8) is 0 Å². The van der Waals surface area contributed by atoms with Crippen molar-refractivity contribution in [1.82, 2.24) is 4.90 Å². The Hall–Kier alpha value is -3.46. The van der Waals surface area contributed by atoms with Crippen LogP contribution >= 0.6 is 0 Å². The molecule has 3 heterocycles. The van der Waals surface area contributed by atoms with Crippen LogP contribution in [0.1, 0.15) is 126 Å². The van der Waals surface area contributed by atoms with Gasteiger partial charge in [0.05, 0.1) is 49.1 Å². The Morgan fingerprint density at radius 1 is 0.875 bits per heavy atom. The SMILES string of the molecule is CO[C@@H]1C[C@H](C[C@@H](C)[C@@H]2CC(=O)[C@H](C)/C=C(\C)[C@@H](O)[C@@H](OC)C(=O)[C@H](C)C[C@H](C)/C=C/C=C/C=C(\C)[C@H](OCCS(=O)(=O)CCO)C[C@@H]3CC[C@@H](C)[C@@](O)(O3)C(=O)C(=O)N3CCCC[C@H]3C(=O)O2)CC[C@H]1O. The van der Waals surface area contributed by atoms with Gasteiger partial charge in [-0.1, -0.05) is 71.1 Å². The number of Topliss-reactive ketones (excluding diaryl/α,β-unsaturated/α-hetero) is 3. The number of hydrogen-bond acceptors (Lipinski definition) is 16. The van der Waals surface area contributed by atoms with Crippen LogP contribution in [-0.4, -0.2) is 163 Å². The first-order chi connectivity index (χ1) is 34.0. The minimum atomic E-state index is -3.62. The van der Waals surface area contributed by atoms with Crippen molar-refractivity contribution in [1.29, 1.82) is 0 Å². The summed E-state index contributed by atoms with van der Waals surface area (Å²) < 4.78 is 54.7. The average Bonchev–Trinajstić information content (AvgIpc) is 3.33. The maximum atomic E-state index is 14.5. The zero-order valence-electron chi connectivity index (χ0n) is 44.1. The lowest BCUT2D eigenvalue weighted by Crippen LogP contribution is -2.61. The molecule has 72 heavy (non-hydrogen) atoms. The van der Waals surface area contributed by atoms with E-state index in [9.17, 15) is 52.8 Å². The monoisotopic (exact) mass is 1040 g/mol. The molecule has 0 aromatic carbocycles. The quantitative estimate of drug-likeness (QED) is 0.121. The molecule has 18 heteroatoms. The number of cyclic esters (lactones) is 1. The van der Waals surface area contributed by atoms with Crippen molar-refractivity contribution in [2.75, 3.05) is 45.5 Å². The van der Waals surface area contributed by atoms with Gasteiger partial charge >= 0.3 is 5.97 Å². The van der Waals surface area contributed by atoms with Crippen molar-refractivity contribution in [3.8, 4) is 0 Å². The maximum Gasteiger partial charge on any atom is 0.329 e. The van der Waals surface area contributed by atoms with Gasteiger partial charge in [-0.15, -0.1) is 0 Å². The lowest BCUT2D eigenvalue weighted by molar-refractivity contribution is -0.266. The number of amides is 1. The molecule has 3 aliphatic heterocycles. The van der Waals surface area contributed by atoms with E-state index in [2.05, 4.69) is 0 Å². The van der Waals surface area contributed by atoms with Crippen LogP contribution in [0.4, 0.5) is 0 Å². The summed E-state index contributed by atoms with van der Waals surface area (Å²) in [7, 11) is -0.721. The largest absolute Gasteiger partial charge is 0.460 e. The smallest absolute Gasteiger partial charge is 0.329 e. The number of hydrogen-bond donors (Lipinski definition) is 4. The molecule has 0 aromatic rings. The molecular weight excluding hydrogens is 951 g/mol. The Balaban J connectivity index is 1.73. The van der Waals surface area contributed by atoms with Gasteiger partial charge in [-0.3, -0.25) is 19.2 Å². The molecular formula is C54H85NO16S. The number of carbonyl (C=O) groups excluding carboxylic acids is 5. The predicted molar refractivity (Wildman–Crippen MR) is 270 cm³/mol. The molecule has 3 fully saturated rings. The van der Waals surface area contributed by atoms with E-state index in [1.54, 1.807) is 66.0 Å². The molecule has 4 N–H and O–H groups in total. The number of rotatable bonds is 11. The van der Waals surface area contributed by atoms with Crippen LogP contribution in [0.2, 0.25) is 0 Å². The second-order valence-electron chi connectivity index (χ2n) is 21.1. The van der Waals surface area contributed by atoms with Crippen LogP contribution in [0, 0.1) is 35.5 Å². The van der Waals surface area contributed by atoms with Gasteiger partial charge in [0.25, 0.3) is 11.7 Å². The first-order valence-electron chi connectivity index (χ1n) is 26.0. The van der Waals surface area contributed by atoms with E-state index in [-0.39, 0.29) is 80.0 Å². The molecule has 1 aliphatic carbocycles. The zero-order chi connectivity index (χ0) is 53.5. The number of aliphatic hydroxyl groups is 4. The summed E-state index contributed by atoms with van der Waals surface area (Å²) in [5, 5.41) is 43.3. The van der Waals surface area contributed by atoms with E-state index in [1.165, 1.54) is 7.11 Å². The summed E-state index contributed by atoms with van der Waals surface area (Å²) in [5.41, 5.74) is 1.03. The molecule has 15 atom stereocenters. The summed E-state index contributed by atoms with van der Waals surface area (Å²) in [6.45, 7) is 11.6. The van der Waals surface area contributed by atoms with Gasteiger partial charge in [-0.05, 0) is 107 Å². The highest BCUT2D eigenvalue weighted by molar-refractivity contribution is 7.91. The first-order valence-corrected chi connectivity index (χ1v) is 27.9. The van der Waals surface area contributed by atoms with E-state index in [0.29, 0.717) is 62.5 Å². The van der Waals surface area contributed by atoms with Gasteiger partial charge in [0.15, 0.2) is 15.6 Å². The molecule has 4 aliphatic rings. The topological polar surface area (TPSA) is 250 Å². The molecule has 2 bridgehead atoms. The third kappa shape index (κ3) is 17.0. The maximum absolute atomic E-state index is 14.5. The number of ketones is 3. The second-order valence-corrected chi connectivity index (χ2v) is 23.4. The Morgan fingerprint density at radius 3 is 2.28 bits per heavy atom. The fraction of sp³-hybridized carbons (Fsp3) is 0.759. The summed E-state index contributed by atoms with van der Waals surface area (Å²) in [5.74, 6) is -9.57. The number of fused-ring (bicyclic) bond motifs is 3. The number of esters is 1. The number of sulfone groups is 1. The summed E-state index contributed by atoms with van der Waals surface area (Å²) in [4.78, 5) is 72.3. The van der Waals surface area contributed by atoms with Gasteiger partial charge in [-0.2, -0.15) is 0 Å². The van der Waals surface area contributed by atoms with Crippen molar-refractivity contribution >= 4 is 39.1 Å². The normalized spacial score (nSPS) is 37.9. The van der Waals surface area contributed by atoms with Gasteiger partial charge < -0.3 is 49.0 Å². The van der Waals surface area contributed by atoms with Gasteiger partial charge in [0, 0.05) is 51.4 Å².